The summed E-state index contributed by atoms with van der Waals surface area (Å²) in [7, 11) is 0. The van der Waals surface area contributed by atoms with Gasteiger partial charge < -0.3 is 19.9 Å². The molecule has 0 amide bonds. The van der Waals surface area contributed by atoms with E-state index in [1.807, 2.05) is 48.5 Å². The van der Waals surface area contributed by atoms with Gasteiger partial charge in [0.1, 0.15) is 25.6 Å². The molecule has 1 heterocycles. The first-order chi connectivity index (χ1) is 12.8. The zero-order valence-corrected chi connectivity index (χ0v) is 15.7. The van der Waals surface area contributed by atoms with Crippen molar-refractivity contribution in [3.63, 3.8) is 0 Å². The second-order valence-corrected chi connectivity index (χ2v) is 6.20. The highest BCUT2D eigenvalue weighted by Crippen LogP contribution is 2.36. The largest absolute Gasteiger partial charge is 0.489 e. The molecular formula is C22H22ClNO3. The summed E-state index contributed by atoms with van der Waals surface area (Å²) in [5.41, 5.74) is 10.1. The third-order valence-corrected chi connectivity index (χ3v) is 4.33. The monoisotopic (exact) mass is 383 g/mol. The highest BCUT2D eigenvalue weighted by atomic mass is 35.5. The number of benzene rings is 3. The topological polar surface area (TPSA) is 53.7 Å². The van der Waals surface area contributed by atoms with Gasteiger partial charge >= 0.3 is 0 Å². The van der Waals surface area contributed by atoms with Crippen LogP contribution in [0.15, 0.2) is 66.7 Å². The minimum atomic E-state index is 0. The van der Waals surface area contributed by atoms with Crippen molar-refractivity contribution in [3.8, 4) is 28.4 Å². The minimum absolute atomic E-state index is 0. The Labute approximate surface area is 165 Å². The fraction of sp³-hybridized carbons (Fsp3) is 0.182. The molecule has 0 atom stereocenters. The number of nitrogens with two attached hydrogens (primary N) is 1. The molecule has 0 aromatic heterocycles. The lowest BCUT2D eigenvalue weighted by molar-refractivity contribution is 0.171. The van der Waals surface area contributed by atoms with Crippen molar-refractivity contribution in [1.29, 1.82) is 0 Å². The van der Waals surface area contributed by atoms with Crippen LogP contribution in [0.25, 0.3) is 11.1 Å². The Balaban J connectivity index is 0.00000210. The van der Waals surface area contributed by atoms with E-state index >= 15 is 0 Å². The highest BCUT2D eigenvalue weighted by Gasteiger charge is 2.13. The van der Waals surface area contributed by atoms with Gasteiger partial charge in [-0.15, -0.1) is 12.4 Å². The van der Waals surface area contributed by atoms with Crippen LogP contribution in [0.5, 0.6) is 17.2 Å². The summed E-state index contributed by atoms with van der Waals surface area (Å²) in [6, 6.07) is 22.2. The Kier molecular flexibility index (Phi) is 6.22. The SMILES string of the molecule is Cl.NCc1cc(OCc2ccccc2)cc(-c2ccc3c(c2)OCCO3)c1. The van der Waals surface area contributed by atoms with Gasteiger partial charge in [-0.3, -0.25) is 0 Å². The molecule has 3 aromatic carbocycles. The molecule has 1 aliphatic rings. The maximum atomic E-state index is 6.00. The van der Waals surface area contributed by atoms with Crippen molar-refractivity contribution in [2.24, 2.45) is 5.73 Å². The number of fused-ring (bicyclic) bond motifs is 1. The molecule has 4 rings (SSSR count). The second-order valence-electron chi connectivity index (χ2n) is 6.20. The van der Waals surface area contributed by atoms with E-state index in [4.69, 9.17) is 19.9 Å². The molecule has 1 aliphatic heterocycles. The third-order valence-electron chi connectivity index (χ3n) is 4.33. The van der Waals surface area contributed by atoms with Crippen molar-refractivity contribution in [3.05, 3.63) is 77.9 Å². The molecule has 0 bridgehead atoms. The van der Waals surface area contributed by atoms with Crippen LogP contribution in [0.2, 0.25) is 0 Å². The normalized spacial score (nSPS) is 12.2. The summed E-state index contributed by atoms with van der Waals surface area (Å²) in [5, 5.41) is 0. The van der Waals surface area contributed by atoms with Crippen molar-refractivity contribution < 1.29 is 14.2 Å². The fourth-order valence-corrected chi connectivity index (χ4v) is 2.99. The molecule has 0 saturated carbocycles. The summed E-state index contributed by atoms with van der Waals surface area (Å²) >= 11 is 0. The van der Waals surface area contributed by atoms with E-state index in [9.17, 15) is 0 Å². The quantitative estimate of drug-likeness (QED) is 0.700. The number of halogens is 1. The summed E-state index contributed by atoms with van der Waals surface area (Å²) in [4.78, 5) is 0. The molecule has 2 N–H and O–H groups in total. The van der Waals surface area contributed by atoms with Crippen LogP contribution in [0.4, 0.5) is 0 Å². The minimum Gasteiger partial charge on any atom is -0.489 e. The Morgan fingerprint density at radius 3 is 2.33 bits per heavy atom. The molecule has 4 nitrogen and oxygen atoms in total. The van der Waals surface area contributed by atoms with E-state index in [-0.39, 0.29) is 12.4 Å². The lowest BCUT2D eigenvalue weighted by Gasteiger charge is -2.19. The smallest absolute Gasteiger partial charge is 0.161 e. The number of hydrogen-bond acceptors (Lipinski definition) is 4. The van der Waals surface area contributed by atoms with Crippen molar-refractivity contribution in [2.45, 2.75) is 13.2 Å². The average Bonchev–Trinajstić information content (AvgIpc) is 2.72. The van der Waals surface area contributed by atoms with E-state index in [1.165, 1.54) is 0 Å². The molecule has 0 unspecified atom stereocenters. The molecule has 0 aliphatic carbocycles. The number of rotatable bonds is 5. The van der Waals surface area contributed by atoms with Crippen LogP contribution >= 0.6 is 12.4 Å². The van der Waals surface area contributed by atoms with Gasteiger partial charge in [0.25, 0.3) is 0 Å². The molecule has 0 saturated heterocycles. The summed E-state index contributed by atoms with van der Waals surface area (Å²) in [6.45, 7) is 2.15. The maximum absolute atomic E-state index is 6.00. The van der Waals surface area contributed by atoms with Crippen LogP contribution < -0.4 is 19.9 Å². The van der Waals surface area contributed by atoms with E-state index in [1.54, 1.807) is 0 Å². The van der Waals surface area contributed by atoms with E-state index in [0.29, 0.717) is 26.4 Å². The van der Waals surface area contributed by atoms with Crippen molar-refractivity contribution in [2.75, 3.05) is 13.2 Å². The van der Waals surface area contributed by atoms with E-state index < -0.39 is 0 Å². The molecule has 0 fully saturated rings. The summed E-state index contributed by atoms with van der Waals surface area (Å²) in [6.07, 6.45) is 0. The molecule has 5 heteroatoms. The van der Waals surface area contributed by atoms with Gasteiger partial charge in [0.2, 0.25) is 0 Å². The van der Waals surface area contributed by atoms with Crippen LogP contribution in [0, 0.1) is 0 Å². The lowest BCUT2D eigenvalue weighted by Crippen LogP contribution is -2.15. The molecule has 3 aromatic rings. The summed E-state index contributed by atoms with van der Waals surface area (Å²) in [5.74, 6) is 2.37. The average molecular weight is 384 g/mol. The zero-order valence-electron chi connectivity index (χ0n) is 14.9. The Hall–Kier alpha value is -2.69. The van der Waals surface area contributed by atoms with E-state index in [0.717, 1.165) is 39.5 Å². The van der Waals surface area contributed by atoms with Crippen LogP contribution in [-0.4, -0.2) is 13.2 Å². The summed E-state index contributed by atoms with van der Waals surface area (Å²) < 4.78 is 17.3. The first-order valence-electron chi connectivity index (χ1n) is 8.72. The zero-order chi connectivity index (χ0) is 17.8. The number of ether oxygens (including phenoxy) is 3. The fourth-order valence-electron chi connectivity index (χ4n) is 2.99. The van der Waals surface area contributed by atoms with Gasteiger partial charge in [0.15, 0.2) is 11.5 Å². The Bertz CT molecular complexity index is 899. The van der Waals surface area contributed by atoms with Gasteiger partial charge in [-0.1, -0.05) is 36.4 Å². The second kappa shape index (κ2) is 8.80. The number of hydrogen-bond donors (Lipinski definition) is 1. The standard InChI is InChI=1S/C22H21NO3.ClH/c23-14-17-10-19(18-6-7-21-22(13-18)25-9-8-24-21)12-20(11-17)26-15-16-4-2-1-3-5-16;/h1-7,10-13H,8-9,14-15,23H2;1H. The highest BCUT2D eigenvalue weighted by molar-refractivity contribution is 5.85. The first kappa shape index (κ1) is 19.1. The maximum Gasteiger partial charge on any atom is 0.161 e. The predicted molar refractivity (Wildman–Crippen MR) is 109 cm³/mol. The molecule has 140 valence electrons. The third kappa shape index (κ3) is 4.54. The van der Waals surface area contributed by atoms with Crippen molar-refractivity contribution >= 4 is 12.4 Å². The molecular weight excluding hydrogens is 362 g/mol. The van der Waals surface area contributed by atoms with Gasteiger partial charge in [-0.05, 0) is 52.6 Å². The van der Waals surface area contributed by atoms with E-state index in [2.05, 4.69) is 18.2 Å². The van der Waals surface area contributed by atoms with Gasteiger partial charge in [0, 0.05) is 6.54 Å². The molecule has 0 spiro atoms. The van der Waals surface area contributed by atoms with Crippen LogP contribution in [-0.2, 0) is 13.2 Å². The van der Waals surface area contributed by atoms with Crippen LogP contribution in [0.1, 0.15) is 11.1 Å². The van der Waals surface area contributed by atoms with Crippen LogP contribution in [0.3, 0.4) is 0 Å². The Morgan fingerprint density at radius 1 is 0.778 bits per heavy atom. The first-order valence-corrected chi connectivity index (χ1v) is 8.72. The van der Waals surface area contributed by atoms with Gasteiger partial charge in [-0.25, -0.2) is 0 Å². The molecule has 0 radical (unpaired) electrons. The Morgan fingerprint density at radius 2 is 1.56 bits per heavy atom. The molecule has 27 heavy (non-hydrogen) atoms. The predicted octanol–water partition coefficient (Wildman–Crippen LogP) is 4.58. The van der Waals surface area contributed by atoms with Crippen molar-refractivity contribution in [1.82, 2.24) is 0 Å². The van der Waals surface area contributed by atoms with Gasteiger partial charge in [0.05, 0.1) is 0 Å². The van der Waals surface area contributed by atoms with Gasteiger partial charge in [-0.2, -0.15) is 0 Å². The lowest BCUT2D eigenvalue weighted by atomic mass is 10.0.